The largest absolute Gasteiger partial charge is 0.352 e. The Morgan fingerprint density at radius 1 is 1.50 bits per heavy atom. The van der Waals surface area contributed by atoms with E-state index in [1.807, 2.05) is 18.2 Å². The number of amides is 1. The van der Waals surface area contributed by atoms with E-state index < -0.39 is 0 Å². The Balaban J connectivity index is 2.41. The quantitative estimate of drug-likeness (QED) is 0.244. The maximum atomic E-state index is 11.9. The van der Waals surface area contributed by atoms with Gasteiger partial charge < -0.3 is 5.32 Å². The van der Waals surface area contributed by atoms with E-state index in [1.165, 1.54) is 0 Å². The minimum atomic E-state index is -0.0934. The average molecular weight is 423 g/mol. The number of unbranched alkanes of at least 4 members (excludes halogenated alkanes) is 1. The van der Waals surface area contributed by atoms with Crippen LogP contribution in [0, 0.1) is 3.57 Å². The molecule has 1 rings (SSSR count). The van der Waals surface area contributed by atoms with Crippen molar-refractivity contribution in [2.24, 2.45) is 5.11 Å². The standard InChI is InChI=1S/C11H12BrIN4O/c12-10-4-3-8(13)7-9(10)11(18)15-5-1-2-6-16-17-14/h3-4,7H,1-2,5-6H2,(H,15,18). The molecule has 96 valence electrons. The van der Waals surface area contributed by atoms with E-state index in [1.54, 1.807) is 0 Å². The van der Waals surface area contributed by atoms with E-state index in [2.05, 4.69) is 53.9 Å². The molecule has 0 saturated carbocycles. The third kappa shape index (κ3) is 5.24. The fourth-order valence-corrected chi connectivity index (χ4v) is 2.24. The van der Waals surface area contributed by atoms with Gasteiger partial charge in [0.25, 0.3) is 5.91 Å². The summed E-state index contributed by atoms with van der Waals surface area (Å²) in [7, 11) is 0. The molecule has 0 unspecified atom stereocenters. The van der Waals surface area contributed by atoms with Gasteiger partial charge in [-0.15, -0.1) is 0 Å². The molecule has 0 aliphatic carbocycles. The monoisotopic (exact) mass is 422 g/mol. The van der Waals surface area contributed by atoms with Crippen LogP contribution in [0.4, 0.5) is 0 Å². The van der Waals surface area contributed by atoms with Gasteiger partial charge in [-0.3, -0.25) is 4.79 Å². The van der Waals surface area contributed by atoms with Crippen molar-refractivity contribution < 1.29 is 4.79 Å². The minimum absolute atomic E-state index is 0.0934. The number of benzene rings is 1. The second-order valence-electron chi connectivity index (χ2n) is 3.54. The maximum absolute atomic E-state index is 11.9. The Labute approximate surface area is 127 Å². The number of azide groups is 1. The lowest BCUT2D eigenvalue weighted by molar-refractivity contribution is 0.0952. The Hall–Kier alpha value is -0.790. The summed E-state index contributed by atoms with van der Waals surface area (Å²) < 4.78 is 1.80. The highest BCUT2D eigenvalue weighted by molar-refractivity contribution is 14.1. The molecule has 0 spiro atoms. The maximum Gasteiger partial charge on any atom is 0.252 e. The van der Waals surface area contributed by atoms with Gasteiger partial charge in [0.2, 0.25) is 0 Å². The smallest absolute Gasteiger partial charge is 0.252 e. The summed E-state index contributed by atoms with van der Waals surface area (Å²) >= 11 is 5.52. The fourth-order valence-electron chi connectivity index (χ4n) is 1.32. The predicted molar refractivity (Wildman–Crippen MR) is 82.4 cm³/mol. The second-order valence-corrected chi connectivity index (χ2v) is 5.64. The Morgan fingerprint density at radius 2 is 2.28 bits per heavy atom. The van der Waals surface area contributed by atoms with Gasteiger partial charge in [-0.05, 0) is 75.1 Å². The molecule has 5 nitrogen and oxygen atoms in total. The van der Waals surface area contributed by atoms with Crippen LogP contribution >= 0.6 is 38.5 Å². The van der Waals surface area contributed by atoms with Crippen molar-refractivity contribution in [3.8, 4) is 0 Å². The highest BCUT2D eigenvalue weighted by atomic mass is 127. The van der Waals surface area contributed by atoms with Crippen LogP contribution in [-0.2, 0) is 0 Å². The SMILES string of the molecule is [N-]=[N+]=NCCCCNC(=O)c1cc(I)ccc1Br. The molecular weight excluding hydrogens is 411 g/mol. The molecule has 1 aromatic rings. The normalized spacial score (nSPS) is 9.67. The van der Waals surface area contributed by atoms with E-state index in [0.717, 1.165) is 20.9 Å². The number of hydrogen-bond donors (Lipinski definition) is 1. The van der Waals surface area contributed by atoms with E-state index in [4.69, 9.17) is 5.53 Å². The average Bonchev–Trinajstić information content (AvgIpc) is 2.36. The third-order valence-corrected chi connectivity index (χ3v) is 3.57. The molecule has 0 aliphatic rings. The van der Waals surface area contributed by atoms with Crippen molar-refractivity contribution >= 4 is 44.4 Å². The predicted octanol–water partition coefficient (Wildman–Crippen LogP) is 3.87. The van der Waals surface area contributed by atoms with Crippen LogP contribution in [0.25, 0.3) is 10.4 Å². The molecule has 7 heteroatoms. The van der Waals surface area contributed by atoms with Crippen molar-refractivity contribution in [1.82, 2.24) is 5.32 Å². The molecule has 0 saturated heterocycles. The molecular formula is C11H12BrIN4O. The zero-order valence-corrected chi connectivity index (χ0v) is 13.3. The number of rotatable bonds is 6. The lowest BCUT2D eigenvalue weighted by atomic mass is 10.2. The zero-order chi connectivity index (χ0) is 13.4. The van der Waals surface area contributed by atoms with Crippen molar-refractivity contribution in [3.05, 3.63) is 42.2 Å². The van der Waals surface area contributed by atoms with Crippen molar-refractivity contribution in [2.75, 3.05) is 13.1 Å². The van der Waals surface area contributed by atoms with Gasteiger partial charge in [0, 0.05) is 26.0 Å². The molecule has 1 N–H and O–H groups in total. The molecule has 0 radical (unpaired) electrons. The van der Waals surface area contributed by atoms with Crippen LogP contribution in [0.1, 0.15) is 23.2 Å². The van der Waals surface area contributed by atoms with Crippen molar-refractivity contribution in [2.45, 2.75) is 12.8 Å². The first-order valence-corrected chi connectivity index (χ1v) is 7.26. The number of carbonyl (C=O) groups is 1. The number of nitrogens with zero attached hydrogens (tertiary/aromatic N) is 3. The molecule has 0 fully saturated rings. The molecule has 0 bridgehead atoms. The van der Waals surface area contributed by atoms with E-state index in [0.29, 0.717) is 18.7 Å². The summed E-state index contributed by atoms with van der Waals surface area (Å²) in [5.41, 5.74) is 8.73. The van der Waals surface area contributed by atoms with Crippen LogP contribution in [0.2, 0.25) is 0 Å². The van der Waals surface area contributed by atoms with Crippen LogP contribution < -0.4 is 5.32 Å². The summed E-state index contributed by atoms with van der Waals surface area (Å²) in [6.45, 7) is 1.05. The molecule has 18 heavy (non-hydrogen) atoms. The fraction of sp³-hybridized carbons (Fsp3) is 0.364. The van der Waals surface area contributed by atoms with Crippen molar-refractivity contribution in [1.29, 1.82) is 0 Å². The Bertz CT molecular complexity index is 474. The summed E-state index contributed by atoms with van der Waals surface area (Å²) in [5, 5.41) is 6.27. The molecule has 0 aliphatic heterocycles. The summed E-state index contributed by atoms with van der Waals surface area (Å²) in [5.74, 6) is -0.0934. The van der Waals surface area contributed by atoms with Gasteiger partial charge in [-0.2, -0.15) is 0 Å². The zero-order valence-electron chi connectivity index (χ0n) is 9.57. The lowest BCUT2D eigenvalue weighted by Gasteiger charge is -2.06. The first-order chi connectivity index (χ1) is 8.65. The topological polar surface area (TPSA) is 77.9 Å². The van der Waals surface area contributed by atoms with E-state index in [9.17, 15) is 4.79 Å². The van der Waals surface area contributed by atoms with Crippen molar-refractivity contribution in [3.63, 3.8) is 0 Å². The minimum Gasteiger partial charge on any atom is -0.352 e. The highest BCUT2D eigenvalue weighted by Crippen LogP contribution is 2.19. The summed E-state index contributed by atoms with van der Waals surface area (Å²) in [6, 6.07) is 5.62. The Morgan fingerprint density at radius 3 is 3.00 bits per heavy atom. The second kappa shape index (κ2) is 8.34. The van der Waals surface area contributed by atoms with E-state index in [-0.39, 0.29) is 5.91 Å². The van der Waals surface area contributed by atoms with Gasteiger partial charge in [0.15, 0.2) is 0 Å². The van der Waals surface area contributed by atoms with Crippen LogP contribution in [0.3, 0.4) is 0 Å². The molecule has 0 atom stereocenters. The number of halogens is 2. The number of hydrogen-bond acceptors (Lipinski definition) is 2. The molecule has 1 aromatic carbocycles. The molecule has 0 heterocycles. The van der Waals surface area contributed by atoms with Gasteiger partial charge in [0.05, 0.1) is 5.56 Å². The van der Waals surface area contributed by atoms with Crippen LogP contribution in [0.15, 0.2) is 27.8 Å². The number of carbonyl (C=O) groups excluding carboxylic acids is 1. The lowest BCUT2D eigenvalue weighted by Crippen LogP contribution is -2.25. The van der Waals surface area contributed by atoms with Gasteiger partial charge >= 0.3 is 0 Å². The van der Waals surface area contributed by atoms with Gasteiger partial charge in [-0.1, -0.05) is 5.11 Å². The highest BCUT2D eigenvalue weighted by Gasteiger charge is 2.09. The van der Waals surface area contributed by atoms with E-state index >= 15 is 0 Å². The summed E-state index contributed by atoms with van der Waals surface area (Å²) in [4.78, 5) is 14.5. The Kier molecular flexibility index (Phi) is 7.07. The number of nitrogens with one attached hydrogen (secondary N) is 1. The van der Waals surface area contributed by atoms with Crippen LogP contribution in [0.5, 0.6) is 0 Å². The first-order valence-electron chi connectivity index (χ1n) is 5.39. The first kappa shape index (κ1) is 15.3. The van der Waals surface area contributed by atoms with Gasteiger partial charge in [0.1, 0.15) is 0 Å². The summed E-state index contributed by atoms with van der Waals surface area (Å²) in [6.07, 6.45) is 1.57. The van der Waals surface area contributed by atoms with Crippen LogP contribution in [-0.4, -0.2) is 19.0 Å². The van der Waals surface area contributed by atoms with Gasteiger partial charge in [-0.25, -0.2) is 0 Å². The molecule has 1 amide bonds. The third-order valence-electron chi connectivity index (χ3n) is 2.21. The molecule has 0 aromatic heterocycles.